The zero-order valence-corrected chi connectivity index (χ0v) is 26.0. The SMILES string of the molecule is O=C(N[C@@H](Cc1ccccc1)C(=O)NCCCCCCNC(=O)[C@H](Cc1ccccc1)NC(=O)c1ccccc1)c1ccccc1. The third kappa shape index (κ3) is 11.4. The van der Waals surface area contributed by atoms with Gasteiger partial charge in [-0.25, -0.2) is 0 Å². The van der Waals surface area contributed by atoms with Gasteiger partial charge in [0.25, 0.3) is 11.8 Å². The van der Waals surface area contributed by atoms with Crippen LogP contribution in [0.5, 0.6) is 0 Å². The molecule has 4 rings (SSSR count). The Bertz CT molecular complexity index is 1400. The minimum Gasteiger partial charge on any atom is -0.354 e. The van der Waals surface area contributed by atoms with Gasteiger partial charge in [-0.3, -0.25) is 19.2 Å². The molecule has 0 saturated carbocycles. The van der Waals surface area contributed by atoms with Crippen molar-refractivity contribution in [3.63, 3.8) is 0 Å². The molecule has 0 spiro atoms. The summed E-state index contributed by atoms with van der Waals surface area (Å²) in [7, 11) is 0. The number of hydrogen-bond acceptors (Lipinski definition) is 4. The summed E-state index contributed by atoms with van der Waals surface area (Å²) in [4.78, 5) is 51.7. The molecule has 4 aromatic rings. The molecular weight excluding hydrogens is 576 g/mol. The molecule has 4 N–H and O–H groups in total. The maximum atomic E-state index is 13.1. The first-order chi connectivity index (χ1) is 22.5. The van der Waals surface area contributed by atoms with Crippen LogP contribution in [0.2, 0.25) is 0 Å². The van der Waals surface area contributed by atoms with E-state index in [9.17, 15) is 19.2 Å². The number of carbonyl (C=O) groups excluding carboxylic acids is 4. The number of nitrogens with one attached hydrogen (secondary N) is 4. The molecule has 46 heavy (non-hydrogen) atoms. The van der Waals surface area contributed by atoms with Crippen molar-refractivity contribution in [1.82, 2.24) is 21.3 Å². The minimum atomic E-state index is -0.698. The summed E-state index contributed by atoms with van der Waals surface area (Å²) in [5.41, 5.74) is 2.93. The number of amides is 4. The molecule has 0 fully saturated rings. The maximum Gasteiger partial charge on any atom is 0.251 e. The largest absolute Gasteiger partial charge is 0.354 e. The van der Waals surface area contributed by atoms with E-state index in [0.29, 0.717) is 37.1 Å². The molecule has 0 radical (unpaired) electrons. The number of unbranched alkanes of at least 4 members (excludes halogenated alkanes) is 3. The molecule has 4 aromatic carbocycles. The Morgan fingerprint density at radius 2 is 0.761 bits per heavy atom. The summed E-state index contributed by atoms with van der Waals surface area (Å²) in [5.74, 6) is -1.02. The Balaban J connectivity index is 1.18. The van der Waals surface area contributed by atoms with Crippen molar-refractivity contribution < 1.29 is 19.2 Å². The van der Waals surface area contributed by atoms with Gasteiger partial charge in [0, 0.05) is 37.1 Å². The van der Waals surface area contributed by atoms with E-state index in [0.717, 1.165) is 36.8 Å². The van der Waals surface area contributed by atoms with E-state index in [4.69, 9.17) is 0 Å². The fourth-order valence-corrected chi connectivity index (χ4v) is 5.05. The van der Waals surface area contributed by atoms with Crippen molar-refractivity contribution in [2.45, 2.75) is 50.6 Å². The van der Waals surface area contributed by atoms with E-state index in [2.05, 4.69) is 21.3 Å². The second kappa shape index (κ2) is 18.5. The quantitative estimate of drug-likeness (QED) is 0.127. The molecule has 0 aliphatic heterocycles. The van der Waals surface area contributed by atoms with Gasteiger partial charge in [0.1, 0.15) is 12.1 Å². The third-order valence-corrected chi connectivity index (χ3v) is 7.58. The zero-order valence-electron chi connectivity index (χ0n) is 26.0. The molecule has 238 valence electrons. The third-order valence-electron chi connectivity index (χ3n) is 7.58. The molecule has 8 nitrogen and oxygen atoms in total. The lowest BCUT2D eigenvalue weighted by atomic mass is 10.0. The summed E-state index contributed by atoms with van der Waals surface area (Å²) in [6.45, 7) is 0.977. The van der Waals surface area contributed by atoms with E-state index in [1.54, 1.807) is 48.5 Å². The van der Waals surface area contributed by atoms with Crippen LogP contribution in [-0.4, -0.2) is 48.8 Å². The van der Waals surface area contributed by atoms with Crippen molar-refractivity contribution in [3.8, 4) is 0 Å². The van der Waals surface area contributed by atoms with Crippen LogP contribution in [-0.2, 0) is 22.4 Å². The van der Waals surface area contributed by atoms with Crippen LogP contribution in [0.3, 0.4) is 0 Å². The average molecular weight is 619 g/mol. The van der Waals surface area contributed by atoms with Gasteiger partial charge in [0.2, 0.25) is 11.8 Å². The van der Waals surface area contributed by atoms with Crippen molar-refractivity contribution >= 4 is 23.6 Å². The van der Waals surface area contributed by atoms with Gasteiger partial charge < -0.3 is 21.3 Å². The predicted molar refractivity (Wildman–Crippen MR) is 180 cm³/mol. The Hall–Kier alpha value is -5.24. The number of rotatable bonds is 17. The summed E-state index contributed by atoms with van der Waals surface area (Å²) >= 11 is 0. The van der Waals surface area contributed by atoms with Crippen molar-refractivity contribution in [2.75, 3.05) is 13.1 Å². The first kappa shape index (κ1) is 33.6. The molecule has 8 heteroatoms. The van der Waals surface area contributed by atoms with Gasteiger partial charge in [0.15, 0.2) is 0 Å². The van der Waals surface area contributed by atoms with Gasteiger partial charge in [-0.05, 0) is 48.2 Å². The molecule has 0 heterocycles. The summed E-state index contributed by atoms with van der Waals surface area (Å²) < 4.78 is 0. The lowest BCUT2D eigenvalue weighted by Gasteiger charge is -2.19. The predicted octanol–water partition coefficient (Wildman–Crippen LogP) is 4.86. The van der Waals surface area contributed by atoms with Crippen LogP contribution in [0.1, 0.15) is 57.5 Å². The second-order valence-electron chi connectivity index (χ2n) is 11.2. The fourth-order valence-electron chi connectivity index (χ4n) is 5.05. The molecule has 0 unspecified atom stereocenters. The highest BCUT2D eigenvalue weighted by molar-refractivity contribution is 5.98. The fraction of sp³-hybridized carbons (Fsp3) is 0.263. The van der Waals surface area contributed by atoms with Gasteiger partial charge in [0.05, 0.1) is 0 Å². The molecule has 0 bridgehead atoms. The van der Waals surface area contributed by atoms with E-state index in [1.807, 2.05) is 72.8 Å². The van der Waals surface area contributed by atoms with E-state index in [-0.39, 0.29) is 23.6 Å². The molecular formula is C38H42N4O4. The van der Waals surface area contributed by atoms with Crippen LogP contribution >= 0.6 is 0 Å². The Morgan fingerprint density at radius 3 is 1.11 bits per heavy atom. The summed E-state index contributed by atoms with van der Waals surface area (Å²) in [6, 6.07) is 35.6. The van der Waals surface area contributed by atoms with Crippen LogP contribution in [0.4, 0.5) is 0 Å². The first-order valence-electron chi connectivity index (χ1n) is 15.8. The molecule has 0 saturated heterocycles. The Labute approximate surface area is 271 Å². The standard InChI is InChI=1S/C38H42N4O4/c43-35(31-21-11-5-12-22-31)41-33(27-29-17-7-3-8-18-29)37(45)39-25-15-1-2-16-26-40-38(46)34(28-30-19-9-4-10-20-30)42-36(44)32-23-13-6-14-24-32/h3-14,17-24,33-34H,1-2,15-16,25-28H2,(H,39,45)(H,40,46)(H,41,43)(H,42,44)/t33-,34-/m0/s1. The van der Waals surface area contributed by atoms with Gasteiger partial charge in [-0.15, -0.1) is 0 Å². The molecule has 0 aromatic heterocycles. The lowest BCUT2D eigenvalue weighted by molar-refractivity contribution is -0.123. The van der Waals surface area contributed by atoms with E-state index >= 15 is 0 Å². The van der Waals surface area contributed by atoms with Gasteiger partial charge >= 0.3 is 0 Å². The number of hydrogen-bond donors (Lipinski definition) is 4. The van der Waals surface area contributed by atoms with Crippen molar-refractivity contribution in [2.24, 2.45) is 0 Å². The Kier molecular flexibility index (Phi) is 13.6. The summed E-state index contributed by atoms with van der Waals surface area (Å²) in [6.07, 6.45) is 4.06. The lowest BCUT2D eigenvalue weighted by Crippen LogP contribution is -2.48. The summed E-state index contributed by atoms with van der Waals surface area (Å²) in [5, 5.41) is 11.7. The highest BCUT2D eigenvalue weighted by atomic mass is 16.2. The van der Waals surface area contributed by atoms with Crippen LogP contribution in [0, 0.1) is 0 Å². The minimum absolute atomic E-state index is 0.220. The zero-order chi connectivity index (χ0) is 32.4. The molecule has 4 amide bonds. The smallest absolute Gasteiger partial charge is 0.251 e. The van der Waals surface area contributed by atoms with Crippen molar-refractivity contribution in [3.05, 3.63) is 144 Å². The maximum absolute atomic E-state index is 13.1. The molecule has 2 atom stereocenters. The number of benzene rings is 4. The Morgan fingerprint density at radius 1 is 0.435 bits per heavy atom. The average Bonchev–Trinajstić information content (AvgIpc) is 3.10. The van der Waals surface area contributed by atoms with Gasteiger partial charge in [-0.1, -0.05) is 110 Å². The van der Waals surface area contributed by atoms with Crippen molar-refractivity contribution in [1.29, 1.82) is 0 Å². The monoisotopic (exact) mass is 618 g/mol. The number of carbonyl (C=O) groups is 4. The first-order valence-corrected chi connectivity index (χ1v) is 15.8. The van der Waals surface area contributed by atoms with Gasteiger partial charge in [-0.2, -0.15) is 0 Å². The normalized spacial score (nSPS) is 11.9. The molecule has 0 aliphatic rings. The van der Waals surface area contributed by atoms with Crippen LogP contribution in [0.25, 0.3) is 0 Å². The van der Waals surface area contributed by atoms with Crippen LogP contribution in [0.15, 0.2) is 121 Å². The van der Waals surface area contributed by atoms with E-state index in [1.165, 1.54) is 0 Å². The highest BCUT2D eigenvalue weighted by Crippen LogP contribution is 2.08. The van der Waals surface area contributed by atoms with Crippen LogP contribution < -0.4 is 21.3 Å². The topological polar surface area (TPSA) is 116 Å². The molecule has 0 aliphatic carbocycles. The second-order valence-corrected chi connectivity index (χ2v) is 11.2. The van der Waals surface area contributed by atoms with E-state index < -0.39 is 12.1 Å². The highest BCUT2D eigenvalue weighted by Gasteiger charge is 2.23.